The first-order valence-electron chi connectivity index (χ1n) is 4.67. The molecule has 2 heteroatoms. The van der Waals surface area contributed by atoms with Crippen molar-refractivity contribution in [3.05, 3.63) is 36.7 Å². The second kappa shape index (κ2) is 4.87. The summed E-state index contributed by atoms with van der Waals surface area (Å²) in [5, 5.41) is 3.43. The van der Waals surface area contributed by atoms with Gasteiger partial charge < -0.3 is 9.88 Å². The third-order valence-electron chi connectivity index (χ3n) is 2.07. The summed E-state index contributed by atoms with van der Waals surface area (Å²) in [7, 11) is 2.04. The molecule has 0 aromatic carbocycles. The molecule has 1 aromatic heterocycles. The number of aryl methyl sites for hydroxylation is 1. The summed E-state index contributed by atoms with van der Waals surface area (Å²) in [6.45, 7) is 6.83. The van der Waals surface area contributed by atoms with Gasteiger partial charge >= 0.3 is 0 Å². The standard InChI is InChI=1S/C11H18N2/c1-4-5-10(2)12-8-11-6-7-13(3)9-11/h4,6-7,9-10,12H,1,5,8H2,2-3H3. The molecular weight excluding hydrogens is 160 g/mol. The molecule has 0 aliphatic heterocycles. The second-order valence-corrected chi connectivity index (χ2v) is 3.49. The van der Waals surface area contributed by atoms with Crippen molar-refractivity contribution in [3.8, 4) is 0 Å². The molecule has 0 radical (unpaired) electrons. The first-order valence-corrected chi connectivity index (χ1v) is 4.67. The molecule has 72 valence electrons. The Morgan fingerprint density at radius 1 is 1.69 bits per heavy atom. The van der Waals surface area contributed by atoms with Crippen LogP contribution in [0.1, 0.15) is 18.9 Å². The van der Waals surface area contributed by atoms with Crippen molar-refractivity contribution in [3.63, 3.8) is 0 Å². The maximum absolute atomic E-state index is 3.72. The Hall–Kier alpha value is -1.02. The Balaban J connectivity index is 2.30. The van der Waals surface area contributed by atoms with Crippen molar-refractivity contribution in [1.82, 2.24) is 9.88 Å². The van der Waals surface area contributed by atoms with E-state index < -0.39 is 0 Å². The molecule has 0 saturated heterocycles. The number of nitrogens with one attached hydrogen (secondary N) is 1. The van der Waals surface area contributed by atoms with Crippen molar-refractivity contribution in [2.24, 2.45) is 7.05 Å². The molecule has 0 amide bonds. The van der Waals surface area contributed by atoms with Gasteiger partial charge in [-0.1, -0.05) is 6.08 Å². The maximum atomic E-state index is 3.72. The third-order valence-corrected chi connectivity index (χ3v) is 2.07. The summed E-state index contributed by atoms with van der Waals surface area (Å²) >= 11 is 0. The van der Waals surface area contributed by atoms with Gasteiger partial charge in [0, 0.05) is 32.0 Å². The normalized spacial score (nSPS) is 12.8. The van der Waals surface area contributed by atoms with Gasteiger partial charge in [0.15, 0.2) is 0 Å². The highest BCUT2D eigenvalue weighted by atomic mass is 14.9. The van der Waals surface area contributed by atoms with E-state index in [0.717, 1.165) is 13.0 Å². The molecule has 0 spiro atoms. The van der Waals surface area contributed by atoms with E-state index in [2.05, 4.69) is 41.8 Å². The molecule has 1 atom stereocenters. The van der Waals surface area contributed by atoms with Gasteiger partial charge in [-0.15, -0.1) is 6.58 Å². The SMILES string of the molecule is C=CCC(C)NCc1ccn(C)c1. The van der Waals surface area contributed by atoms with Crippen LogP contribution < -0.4 is 5.32 Å². The van der Waals surface area contributed by atoms with E-state index in [9.17, 15) is 0 Å². The van der Waals surface area contributed by atoms with Crippen molar-refractivity contribution >= 4 is 0 Å². The smallest absolute Gasteiger partial charge is 0.0223 e. The van der Waals surface area contributed by atoms with E-state index >= 15 is 0 Å². The highest BCUT2D eigenvalue weighted by Gasteiger charge is 1.99. The zero-order valence-corrected chi connectivity index (χ0v) is 8.46. The van der Waals surface area contributed by atoms with Gasteiger partial charge in [-0.25, -0.2) is 0 Å². The molecule has 1 heterocycles. The zero-order chi connectivity index (χ0) is 9.68. The van der Waals surface area contributed by atoms with Crippen molar-refractivity contribution in [1.29, 1.82) is 0 Å². The molecule has 0 saturated carbocycles. The molecule has 1 N–H and O–H groups in total. The summed E-state index contributed by atoms with van der Waals surface area (Å²) in [6, 6.07) is 2.64. The van der Waals surface area contributed by atoms with Gasteiger partial charge in [0.1, 0.15) is 0 Å². The zero-order valence-electron chi connectivity index (χ0n) is 8.46. The number of hydrogen-bond acceptors (Lipinski definition) is 1. The Bertz CT molecular complexity index is 263. The minimum atomic E-state index is 0.512. The molecule has 0 aliphatic carbocycles. The van der Waals surface area contributed by atoms with Gasteiger partial charge in [-0.3, -0.25) is 0 Å². The Labute approximate surface area is 80.3 Å². The van der Waals surface area contributed by atoms with Gasteiger partial charge in [0.25, 0.3) is 0 Å². The lowest BCUT2D eigenvalue weighted by Crippen LogP contribution is -2.24. The molecule has 1 rings (SSSR count). The number of rotatable bonds is 5. The van der Waals surface area contributed by atoms with E-state index in [0.29, 0.717) is 6.04 Å². The predicted molar refractivity (Wildman–Crippen MR) is 56.5 cm³/mol. The second-order valence-electron chi connectivity index (χ2n) is 3.49. The van der Waals surface area contributed by atoms with Crippen LogP contribution in [0, 0.1) is 0 Å². The molecule has 13 heavy (non-hydrogen) atoms. The van der Waals surface area contributed by atoms with Crippen LogP contribution >= 0.6 is 0 Å². The van der Waals surface area contributed by atoms with Crippen LogP contribution in [0.25, 0.3) is 0 Å². The van der Waals surface area contributed by atoms with E-state index in [4.69, 9.17) is 0 Å². The van der Waals surface area contributed by atoms with Gasteiger partial charge in [0.05, 0.1) is 0 Å². The topological polar surface area (TPSA) is 17.0 Å². The van der Waals surface area contributed by atoms with Crippen molar-refractivity contribution < 1.29 is 0 Å². The monoisotopic (exact) mass is 178 g/mol. The first kappa shape index (κ1) is 10.1. The molecular formula is C11H18N2. The maximum Gasteiger partial charge on any atom is 0.0223 e. The lowest BCUT2D eigenvalue weighted by molar-refractivity contribution is 0.553. The first-order chi connectivity index (χ1) is 6.22. The van der Waals surface area contributed by atoms with E-state index in [1.807, 2.05) is 13.1 Å². The number of hydrogen-bond donors (Lipinski definition) is 1. The van der Waals surface area contributed by atoms with E-state index in [-0.39, 0.29) is 0 Å². The van der Waals surface area contributed by atoms with E-state index in [1.165, 1.54) is 5.56 Å². The molecule has 0 bridgehead atoms. The Kier molecular flexibility index (Phi) is 3.77. The number of nitrogens with zero attached hydrogens (tertiary/aromatic N) is 1. The lowest BCUT2D eigenvalue weighted by Gasteiger charge is -2.09. The van der Waals surface area contributed by atoms with Gasteiger partial charge in [-0.05, 0) is 25.0 Å². The molecule has 1 aromatic rings. The fourth-order valence-electron chi connectivity index (χ4n) is 1.29. The minimum Gasteiger partial charge on any atom is -0.357 e. The van der Waals surface area contributed by atoms with Crippen molar-refractivity contribution in [2.45, 2.75) is 25.9 Å². The molecule has 1 unspecified atom stereocenters. The Morgan fingerprint density at radius 2 is 2.46 bits per heavy atom. The summed E-state index contributed by atoms with van der Waals surface area (Å²) in [5.74, 6) is 0. The van der Waals surface area contributed by atoms with Gasteiger partial charge in [0.2, 0.25) is 0 Å². The summed E-state index contributed by atoms with van der Waals surface area (Å²) in [4.78, 5) is 0. The summed E-state index contributed by atoms with van der Waals surface area (Å²) < 4.78 is 2.06. The highest BCUT2D eigenvalue weighted by Crippen LogP contribution is 2.00. The summed E-state index contributed by atoms with van der Waals surface area (Å²) in [5.41, 5.74) is 1.33. The van der Waals surface area contributed by atoms with Crippen LogP contribution in [0.4, 0.5) is 0 Å². The van der Waals surface area contributed by atoms with Crippen LogP contribution in [-0.2, 0) is 13.6 Å². The van der Waals surface area contributed by atoms with Crippen LogP contribution in [0.5, 0.6) is 0 Å². The number of aromatic nitrogens is 1. The fourth-order valence-corrected chi connectivity index (χ4v) is 1.29. The Morgan fingerprint density at radius 3 is 3.00 bits per heavy atom. The third kappa shape index (κ3) is 3.47. The lowest BCUT2D eigenvalue weighted by atomic mass is 10.2. The molecule has 0 aliphatic rings. The minimum absolute atomic E-state index is 0.512. The molecule has 0 fully saturated rings. The van der Waals surface area contributed by atoms with Crippen molar-refractivity contribution in [2.75, 3.05) is 0 Å². The fraction of sp³-hybridized carbons (Fsp3) is 0.455. The average molecular weight is 178 g/mol. The van der Waals surface area contributed by atoms with E-state index in [1.54, 1.807) is 0 Å². The summed E-state index contributed by atoms with van der Waals surface area (Å²) in [6.07, 6.45) is 7.16. The predicted octanol–water partition coefficient (Wildman–Crippen LogP) is 2.08. The van der Waals surface area contributed by atoms with Crippen LogP contribution in [0.3, 0.4) is 0 Å². The largest absolute Gasteiger partial charge is 0.357 e. The van der Waals surface area contributed by atoms with Crippen LogP contribution in [0.15, 0.2) is 31.1 Å². The molecule has 2 nitrogen and oxygen atoms in total. The quantitative estimate of drug-likeness (QED) is 0.683. The van der Waals surface area contributed by atoms with Crippen LogP contribution in [-0.4, -0.2) is 10.6 Å². The van der Waals surface area contributed by atoms with Gasteiger partial charge in [-0.2, -0.15) is 0 Å². The highest BCUT2D eigenvalue weighted by molar-refractivity contribution is 5.09. The van der Waals surface area contributed by atoms with Crippen LogP contribution in [0.2, 0.25) is 0 Å². The average Bonchev–Trinajstić information content (AvgIpc) is 2.49.